The van der Waals surface area contributed by atoms with Gasteiger partial charge in [-0.3, -0.25) is 24.6 Å². The van der Waals surface area contributed by atoms with Crippen molar-refractivity contribution in [3.05, 3.63) is 0 Å². The lowest BCUT2D eigenvalue weighted by molar-refractivity contribution is -0.139. The molecule has 0 aromatic heterocycles. The Morgan fingerprint density at radius 2 is 2.26 bits per heavy atom. The monoisotopic (exact) mass is 268 g/mol. The molecule has 2 heterocycles. The minimum atomic E-state index is -0.779. The van der Waals surface area contributed by atoms with E-state index in [0.29, 0.717) is 6.54 Å². The molecule has 0 aromatic rings. The highest BCUT2D eigenvalue weighted by atomic mass is 16.4. The molecular weight excluding hydrogens is 248 g/mol. The van der Waals surface area contributed by atoms with E-state index in [1.54, 1.807) is 0 Å². The molecule has 2 saturated heterocycles. The van der Waals surface area contributed by atoms with Crippen LogP contribution in [-0.4, -0.2) is 46.9 Å². The Bertz CT molecular complexity index is 396. The van der Waals surface area contributed by atoms with Gasteiger partial charge in [0.1, 0.15) is 0 Å². The molecule has 0 spiro atoms. The van der Waals surface area contributed by atoms with Crippen molar-refractivity contribution >= 4 is 17.8 Å². The summed E-state index contributed by atoms with van der Waals surface area (Å²) in [7, 11) is 0. The summed E-state index contributed by atoms with van der Waals surface area (Å²) in [5, 5.41) is 11.2. The highest BCUT2D eigenvalue weighted by molar-refractivity contribution is 6.05. The van der Waals surface area contributed by atoms with Crippen LogP contribution in [0.4, 0.5) is 0 Å². The summed E-state index contributed by atoms with van der Waals surface area (Å²) in [4.78, 5) is 35.7. The topological polar surface area (TPSA) is 86.7 Å². The summed E-state index contributed by atoms with van der Waals surface area (Å²) in [5.41, 5.74) is 0. The van der Waals surface area contributed by atoms with E-state index in [4.69, 9.17) is 5.11 Å². The molecule has 6 heteroatoms. The highest BCUT2D eigenvalue weighted by Gasteiger charge is 2.38. The third kappa shape index (κ3) is 3.32. The summed E-state index contributed by atoms with van der Waals surface area (Å²) >= 11 is 0. The van der Waals surface area contributed by atoms with Crippen molar-refractivity contribution in [1.29, 1.82) is 0 Å². The van der Waals surface area contributed by atoms with E-state index in [-0.39, 0.29) is 42.5 Å². The van der Waals surface area contributed by atoms with Crippen LogP contribution in [0.2, 0.25) is 0 Å². The normalized spacial score (nSPS) is 30.2. The first-order valence-electron chi connectivity index (χ1n) is 6.77. The summed E-state index contributed by atoms with van der Waals surface area (Å²) < 4.78 is 0. The molecule has 0 radical (unpaired) electrons. The number of amides is 2. The first-order chi connectivity index (χ1) is 8.97. The fourth-order valence-corrected chi connectivity index (χ4v) is 3.06. The molecule has 2 rings (SSSR count). The molecule has 3 unspecified atom stereocenters. The molecule has 0 saturated carbocycles. The molecule has 19 heavy (non-hydrogen) atoms. The van der Waals surface area contributed by atoms with Crippen LogP contribution < -0.4 is 5.32 Å². The lowest BCUT2D eigenvalue weighted by Crippen LogP contribution is -2.47. The van der Waals surface area contributed by atoms with Crippen LogP contribution in [0.15, 0.2) is 0 Å². The number of rotatable bonds is 4. The third-order valence-electron chi connectivity index (χ3n) is 4.18. The summed E-state index contributed by atoms with van der Waals surface area (Å²) in [5.74, 6) is -0.820. The van der Waals surface area contributed by atoms with E-state index < -0.39 is 5.97 Å². The van der Waals surface area contributed by atoms with Crippen molar-refractivity contribution in [3.63, 3.8) is 0 Å². The number of aliphatic carboxylic acids is 1. The molecule has 0 bridgehead atoms. The van der Waals surface area contributed by atoms with E-state index in [9.17, 15) is 14.4 Å². The van der Waals surface area contributed by atoms with Crippen molar-refractivity contribution in [2.75, 3.05) is 13.1 Å². The van der Waals surface area contributed by atoms with E-state index in [1.165, 1.54) is 0 Å². The van der Waals surface area contributed by atoms with Crippen LogP contribution >= 0.6 is 0 Å². The number of imide groups is 1. The first-order valence-corrected chi connectivity index (χ1v) is 6.77. The Kier molecular flexibility index (Phi) is 4.19. The smallest absolute Gasteiger partial charge is 0.303 e. The zero-order valence-corrected chi connectivity index (χ0v) is 11.1. The van der Waals surface area contributed by atoms with Gasteiger partial charge < -0.3 is 5.11 Å². The number of nitrogens with one attached hydrogen (secondary N) is 1. The number of carbonyl (C=O) groups is 3. The second-order valence-electron chi connectivity index (χ2n) is 5.60. The van der Waals surface area contributed by atoms with Crippen molar-refractivity contribution in [2.24, 2.45) is 11.8 Å². The minimum absolute atomic E-state index is 0.0977. The van der Waals surface area contributed by atoms with Gasteiger partial charge in [0.15, 0.2) is 0 Å². The van der Waals surface area contributed by atoms with Crippen LogP contribution in [-0.2, 0) is 14.4 Å². The van der Waals surface area contributed by atoms with Gasteiger partial charge >= 0.3 is 5.97 Å². The number of hydrogen-bond donors (Lipinski definition) is 2. The van der Waals surface area contributed by atoms with Gasteiger partial charge in [0.05, 0.1) is 12.5 Å². The average Bonchev–Trinajstić information content (AvgIpc) is 2.68. The fourth-order valence-electron chi connectivity index (χ4n) is 3.06. The second kappa shape index (κ2) is 5.69. The molecule has 2 aliphatic heterocycles. The molecule has 2 aliphatic rings. The van der Waals surface area contributed by atoms with Crippen molar-refractivity contribution < 1.29 is 19.5 Å². The Balaban J connectivity index is 1.95. The standard InChI is InChI=1S/C13H20N2O4/c1-8(5-12(17)18)9-3-2-4-15(7-9)10-6-11(16)14-13(10)19/h8-10H,2-7H2,1H3,(H,17,18)(H,14,16,19). The number of likely N-dealkylation sites (tertiary alicyclic amines) is 1. The third-order valence-corrected chi connectivity index (χ3v) is 4.18. The van der Waals surface area contributed by atoms with Gasteiger partial charge in [0.25, 0.3) is 0 Å². The van der Waals surface area contributed by atoms with E-state index in [1.807, 2.05) is 11.8 Å². The second-order valence-corrected chi connectivity index (χ2v) is 5.60. The maximum absolute atomic E-state index is 11.7. The number of carboxylic acids is 1. The van der Waals surface area contributed by atoms with Gasteiger partial charge in [0, 0.05) is 13.0 Å². The maximum Gasteiger partial charge on any atom is 0.303 e. The minimum Gasteiger partial charge on any atom is -0.481 e. The number of carbonyl (C=O) groups excluding carboxylic acids is 2. The van der Waals surface area contributed by atoms with Crippen LogP contribution in [0.5, 0.6) is 0 Å². The number of hydrogen-bond acceptors (Lipinski definition) is 4. The van der Waals surface area contributed by atoms with E-state index >= 15 is 0 Å². The van der Waals surface area contributed by atoms with Gasteiger partial charge in [-0.15, -0.1) is 0 Å². The van der Waals surface area contributed by atoms with Crippen molar-refractivity contribution in [2.45, 2.75) is 38.6 Å². The summed E-state index contributed by atoms with van der Waals surface area (Å²) in [6, 6.07) is -0.354. The lowest BCUT2D eigenvalue weighted by Gasteiger charge is -2.37. The molecule has 3 atom stereocenters. The van der Waals surface area contributed by atoms with Crippen molar-refractivity contribution in [3.8, 4) is 0 Å². The molecule has 2 N–H and O–H groups in total. The Morgan fingerprint density at radius 3 is 2.84 bits per heavy atom. The van der Waals surface area contributed by atoms with E-state index in [2.05, 4.69) is 5.32 Å². The SMILES string of the molecule is CC(CC(=O)O)C1CCCN(C2CC(=O)NC2=O)C1. The number of piperidine rings is 1. The highest BCUT2D eigenvalue weighted by Crippen LogP contribution is 2.28. The predicted molar refractivity (Wildman–Crippen MR) is 67.3 cm³/mol. The zero-order valence-electron chi connectivity index (χ0n) is 11.1. The van der Waals surface area contributed by atoms with Crippen LogP contribution in [0.3, 0.4) is 0 Å². The first kappa shape index (κ1) is 14.0. The Hall–Kier alpha value is -1.43. The van der Waals surface area contributed by atoms with Crippen LogP contribution in [0, 0.1) is 11.8 Å². The van der Waals surface area contributed by atoms with Crippen LogP contribution in [0.25, 0.3) is 0 Å². The zero-order chi connectivity index (χ0) is 14.0. The molecule has 6 nitrogen and oxygen atoms in total. The quantitative estimate of drug-likeness (QED) is 0.712. The molecule has 0 aliphatic carbocycles. The molecule has 2 amide bonds. The van der Waals surface area contributed by atoms with Gasteiger partial charge in [-0.25, -0.2) is 0 Å². The van der Waals surface area contributed by atoms with Gasteiger partial charge in [0.2, 0.25) is 11.8 Å². The molecule has 0 aromatic carbocycles. The fraction of sp³-hybridized carbons (Fsp3) is 0.769. The van der Waals surface area contributed by atoms with Crippen molar-refractivity contribution in [1.82, 2.24) is 10.2 Å². The number of carboxylic acid groups (broad SMARTS) is 1. The van der Waals surface area contributed by atoms with Crippen LogP contribution in [0.1, 0.15) is 32.6 Å². The molecule has 106 valence electrons. The lowest BCUT2D eigenvalue weighted by atomic mass is 9.84. The molecule has 2 fully saturated rings. The maximum atomic E-state index is 11.7. The Labute approximate surface area is 112 Å². The summed E-state index contributed by atoms with van der Waals surface area (Å²) in [6.07, 6.45) is 2.34. The Morgan fingerprint density at radius 1 is 1.53 bits per heavy atom. The largest absolute Gasteiger partial charge is 0.481 e. The van der Waals surface area contributed by atoms with Gasteiger partial charge in [-0.2, -0.15) is 0 Å². The summed E-state index contributed by atoms with van der Waals surface area (Å²) in [6.45, 7) is 3.46. The average molecular weight is 268 g/mol. The van der Waals surface area contributed by atoms with E-state index in [0.717, 1.165) is 19.4 Å². The van der Waals surface area contributed by atoms with Gasteiger partial charge in [-0.1, -0.05) is 6.92 Å². The predicted octanol–water partition coefficient (Wildman–Crippen LogP) is 0.224. The molecular formula is C13H20N2O4. The van der Waals surface area contributed by atoms with Gasteiger partial charge in [-0.05, 0) is 31.2 Å². The number of nitrogens with zero attached hydrogens (tertiary/aromatic N) is 1.